The Morgan fingerprint density at radius 1 is 1.47 bits per heavy atom. The number of aromatic nitrogens is 2. The van der Waals surface area contributed by atoms with E-state index in [1.54, 1.807) is 29.1 Å². The van der Waals surface area contributed by atoms with Crippen LogP contribution in [0.3, 0.4) is 0 Å². The van der Waals surface area contributed by atoms with Crippen LogP contribution in [0.4, 0.5) is 5.69 Å². The van der Waals surface area contributed by atoms with Gasteiger partial charge in [-0.2, -0.15) is 5.10 Å². The predicted molar refractivity (Wildman–Crippen MR) is 72.6 cm³/mol. The zero-order valence-corrected chi connectivity index (χ0v) is 11.1. The number of carbonyl (C=O) groups excluding carboxylic acids is 1. The first-order valence-corrected chi connectivity index (χ1v) is 6.14. The number of ether oxygens (including phenoxy) is 1. The van der Waals surface area contributed by atoms with E-state index in [9.17, 15) is 4.79 Å². The molecule has 0 saturated carbocycles. The van der Waals surface area contributed by atoms with Crippen LogP contribution in [0.25, 0.3) is 0 Å². The van der Waals surface area contributed by atoms with Crippen LogP contribution in [0.2, 0.25) is 0 Å². The van der Waals surface area contributed by atoms with E-state index in [1.165, 1.54) is 0 Å². The third-order valence-corrected chi connectivity index (χ3v) is 2.86. The number of benzene rings is 1. The second kappa shape index (κ2) is 5.56. The summed E-state index contributed by atoms with van der Waals surface area (Å²) < 4.78 is 7.05. The molecule has 0 bridgehead atoms. The van der Waals surface area contributed by atoms with Crippen molar-refractivity contribution < 1.29 is 9.53 Å². The van der Waals surface area contributed by atoms with E-state index in [0.717, 1.165) is 17.7 Å². The van der Waals surface area contributed by atoms with Gasteiger partial charge in [-0.1, -0.05) is 6.07 Å². The zero-order valence-electron chi connectivity index (χ0n) is 11.1. The molecule has 0 fully saturated rings. The lowest BCUT2D eigenvalue weighted by atomic mass is 10.1. The maximum atomic E-state index is 12.0. The van der Waals surface area contributed by atoms with Gasteiger partial charge in [0.05, 0.1) is 11.8 Å². The van der Waals surface area contributed by atoms with Crippen LogP contribution in [0.5, 0.6) is 0 Å². The topological polar surface area (TPSA) is 70.1 Å². The lowest BCUT2D eigenvalue weighted by molar-refractivity contribution is 0.0472. The van der Waals surface area contributed by atoms with Gasteiger partial charge in [-0.15, -0.1) is 0 Å². The first-order chi connectivity index (χ1) is 9.10. The maximum Gasteiger partial charge on any atom is 0.338 e. The molecule has 0 unspecified atom stereocenters. The molecule has 0 aliphatic rings. The van der Waals surface area contributed by atoms with Crippen molar-refractivity contribution in [3.8, 4) is 0 Å². The number of nitrogen functional groups attached to an aromatic ring is 1. The molecule has 1 aromatic heterocycles. The molecule has 0 aliphatic heterocycles. The molecule has 0 aliphatic carbocycles. The number of nitrogens with zero attached hydrogens (tertiary/aromatic N) is 2. The monoisotopic (exact) mass is 259 g/mol. The van der Waals surface area contributed by atoms with Crippen molar-refractivity contribution in [3.63, 3.8) is 0 Å². The number of hydrogen-bond donors (Lipinski definition) is 1. The molecule has 0 amide bonds. The normalized spacial score (nSPS) is 10.4. The Morgan fingerprint density at radius 3 is 2.95 bits per heavy atom. The van der Waals surface area contributed by atoms with Gasteiger partial charge >= 0.3 is 5.97 Å². The van der Waals surface area contributed by atoms with E-state index in [4.69, 9.17) is 10.5 Å². The van der Waals surface area contributed by atoms with E-state index in [1.807, 2.05) is 20.0 Å². The van der Waals surface area contributed by atoms with Crippen LogP contribution in [0, 0.1) is 6.92 Å². The minimum Gasteiger partial charge on any atom is -0.457 e. The minimum atomic E-state index is -0.367. The molecule has 2 N–H and O–H groups in total. The van der Waals surface area contributed by atoms with Crippen molar-refractivity contribution in [1.82, 2.24) is 9.78 Å². The quantitative estimate of drug-likeness (QED) is 0.674. The van der Waals surface area contributed by atoms with Crippen molar-refractivity contribution >= 4 is 11.7 Å². The molecule has 5 nitrogen and oxygen atoms in total. The van der Waals surface area contributed by atoms with Gasteiger partial charge < -0.3 is 10.5 Å². The molecule has 1 aromatic carbocycles. The maximum absolute atomic E-state index is 12.0. The van der Waals surface area contributed by atoms with Crippen LogP contribution < -0.4 is 5.73 Å². The van der Waals surface area contributed by atoms with Crippen LogP contribution in [-0.2, 0) is 17.9 Å². The van der Waals surface area contributed by atoms with Crippen molar-refractivity contribution in [3.05, 3.63) is 47.3 Å². The highest BCUT2D eigenvalue weighted by atomic mass is 16.5. The Hall–Kier alpha value is -2.30. The largest absolute Gasteiger partial charge is 0.457 e. The fourth-order valence-corrected chi connectivity index (χ4v) is 1.74. The number of carbonyl (C=O) groups is 1. The highest BCUT2D eigenvalue weighted by molar-refractivity contribution is 5.92. The van der Waals surface area contributed by atoms with Crippen molar-refractivity contribution in [2.75, 3.05) is 5.73 Å². The van der Waals surface area contributed by atoms with Crippen molar-refractivity contribution in [2.24, 2.45) is 0 Å². The van der Waals surface area contributed by atoms with Crippen LogP contribution in [0.15, 0.2) is 30.6 Å². The van der Waals surface area contributed by atoms with E-state index in [-0.39, 0.29) is 12.6 Å². The molecule has 5 heteroatoms. The van der Waals surface area contributed by atoms with Crippen LogP contribution >= 0.6 is 0 Å². The predicted octanol–water partition coefficient (Wildman–Crippen LogP) is 2.15. The van der Waals surface area contributed by atoms with E-state index in [2.05, 4.69) is 5.10 Å². The second-order valence-corrected chi connectivity index (χ2v) is 4.35. The van der Waals surface area contributed by atoms with E-state index >= 15 is 0 Å². The first-order valence-electron chi connectivity index (χ1n) is 6.14. The van der Waals surface area contributed by atoms with Gasteiger partial charge in [-0.05, 0) is 31.5 Å². The van der Waals surface area contributed by atoms with Gasteiger partial charge in [0.1, 0.15) is 6.61 Å². The van der Waals surface area contributed by atoms with Gasteiger partial charge in [0.2, 0.25) is 0 Å². The molecular weight excluding hydrogens is 242 g/mol. The molecule has 2 aromatic rings. The molecular formula is C14H17N3O2. The summed E-state index contributed by atoms with van der Waals surface area (Å²) in [6, 6.07) is 5.20. The summed E-state index contributed by atoms with van der Waals surface area (Å²) in [5.74, 6) is -0.367. The standard InChI is InChI=1S/C14H17N3O2/c1-3-17-8-11(7-16-17)9-19-14(18)13-6-12(15)5-4-10(13)2/h4-8H,3,9,15H2,1-2H3. The summed E-state index contributed by atoms with van der Waals surface area (Å²) in [6.45, 7) is 4.86. The summed E-state index contributed by atoms with van der Waals surface area (Å²) in [5.41, 5.74) is 8.45. The molecule has 2 rings (SSSR count). The number of rotatable bonds is 4. The molecule has 0 atom stereocenters. The average molecular weight is 259 g/mol. The first kappa shape index (κ1) is 13.1. The third kappa shape index (κ3) is 3.13. The molecule has 0 radical (unpaired) electrons. The Bertz CT molecular complexity index is 590. The smallest absolute Gasteiger partial charge is 0.338 e. The van der Waals surface area contributed by atoms with Gasteiger partial charge in [0.25, 0.3) is 0 Å². The fourth-order valence-electron chi connectivity index (χ4n) is 1.74. The van der Waals surface area contributed by atoms with E-state index in [0.29, 0.717) is 11.3 Å². The number of nitrogens with two attached hydrogens (primary N) is 1. The fraction of sp³-hybridized carbons (Fsp3) is 0.286. The Balaban J connectivity index is 2.03. The second-order valence-electron chi connectivity index (χ2n) is 4.35. The van der Waals surface area contributed by atoms with Gasteiger partial charge in [0.15, 0.2) is 0 Å². The molecule has 0 spiro atoms. The van der Waals surface area contributed by atoms with Crippen LogP contribution in [-0.4, -0.2) is 15.7 Å². The summed E-state index contributed by atoms with van der Waals surface area (Å²) in [4.78, 5) is 12.0. The zero-order chi connectivity index (χ0) is 13.8. The van der Waals surface area contributed by atoms with Crippen molar-refractivity contribution in [1.29, 1.82) is 0 Å². The number of aryl methyl sites for hydroxylation is 2. The third-order valence-electron chi connectivity index (χ3n) is 2.86. The molecule has 1 heterocycles. The number of hydrogen-bond acceptors (Lipinski definition) is 4. The lowest BCUT2D eigenvalue weighted by Gasteiger charge is -2.07. The molecule has 0 saturated heterocycles. The highest BCUT2D eigenvalue weighted by Crippen LogP contribution is 2.14. The SMILES string of the molecule is CCn1cc(COC(=O)c2cc(N)ccc2C)cn1. The summed E-state index contributed by atoms with van der Waals surface area (Å²) in [7, 11) is 0. The minimum absolute atomic E-state index is 0.215. The number of anilines is 1. The summed E-state index contributed by atoms with van der Waals surface area (Å²) in [6.07, 6.45) is 3.56. The Labute approximate surface area is 112 Å². The van der Waals surface area contributed by atoms with Gasteiger partial charge in [-0.3, -0.25) is 4.68 Å². The molecule has 19 heavy (non-hydrogen) atoms. The average Bonchev–Trinajstić information content (AvgIpc) is 2.87. The van der Waals surface area contributed by atoms with Gasteiger partial charge in [0, 0.05) is 24.0 Å². The summed E-state index contributed by atoms with van der Waals surface area (Å²) in [5, 5.41) is 4.12. The van der Waals surface area contributed by atoms with Crippen molar-refractivity contribution in [2.45, 2.75) is 27.0 Å². The van der Waals surface area contributed by atoms with E-state index < -0.39 is 0 Å². The highest BCUT2D eigenvalue weighted by Gasteiger charge is 2.11. The number of esters is 1. The molecule has 100 valence electrons. The van der Waals surface area contributed by atoms with Crippen LogP contribution in [0.1, 0.15) is 28.4 Å². The Kier molecular flexibility index (Phi) is 3.85. The summed E-state index contributed by atoms with van der Waals surface area (Å²) >= 11 is 0. The Morgan fingerprint density at radius 2 is 2.26 bits per heavy atom. The lowest BCUT2D eigenvalue weighted by Crippen LogP contribution is -2.07. The van der Waals surface area contributed by atoms with Gasteiger partial charge in [-0.25, -0.2) is 4.79 Å².